The Bertz CT molecular complexity index is 1190. The minimum absolute atomic E-state index is 0.201. The van der Waals surface area contributed by atoms with Crippen molar-refractivity contribution in [1.29, 1.82) is 0 Å². The fourth-order valence-electron chi connectivity index (χ4n) is 4.12. The summed E-state index contributed by atoms with van der Waals surface area (Å²) in [4.78, 5) is 13.6. The lowest BCUT2D eigenvalue weighted by atomic mass is 9.87. The highest BCUT2D eigenvalue weighted by molar-refractivity contribution is 7.89. The number of benzene rings is 3. The summed E-state index contributed by atoms with van der Waals surface area (Å²) in [6.45, 7) is 4.89. The Balaban J connectivity index is 1.58. The van der Waals surface area contributed by atoms with E-state index in [0.29, 0.717) is 30.3 Å². The van der Waals surface area contributed by atoms with Gasteiger partial charge in [0.15, 0.2) is 0 Å². The van der Waals surface area contributed by atoms with Crippen LogP contribution in [0.1, 0.15) is 43.7 Å². The van der Waals surface area contributed by atoms with Crippen LogP contribution >= 0.6 is 0 Å². The molecule has 1 N–H and O–H groups in total. The van der Waals surface area contributed by atoms with Gasteiger partial charge in [0.1, 0.15) is 11.5 Å². The van der Waals surface area contributed by atoms with Crippen LogP contribution < -0.4 is 10.1 Å². The maximum Gasteiger partial charge on any atom is 0.243 e. The average Bonchev–Trinajstić information content (AvgIpc) is 2.82. The first kappa shape index (κ1) is 23.0. The van der Waals surface area contributed by atoms with Crippen molar-refractivity contribution in [3.8, 4) is 11.5 Å². The smallest absolute Gasteiger partial charge is 0.243 e. The van der Waals surface area contributed by atoms with E-state index in [1.54, 1.807) is 24.3 Å². The second-order valence-corrected chi connectivity index (χ2v) is 9.97. The zero-order valence-corrected chi connectivity index (χ0v) is 19.6. The molecular weight excluding hydrogens is 436 g/mol. The summed E-state index contributed by atoms with van der Waals surface area (Å²) < 4.78 is 33.5. The van der Waals surface area contributed by atoms with Crippen LogP contribution in [0, 0.1) is 0 Å². The molecule has 3 aromatic rings. The molecule has 0 fully saturated rings. The summed E-state index contributed by atoms with van der Waals surface area (Å²) in [6, 6.07) is 21.4. The number of fused-ring (bicyclic) bond motifs is 2. The Morgan fingerprint density at radius 3 is 1.88 bits per heavy atom. The predicted octanol–water partition coefficient (Wildman–Crippen LogP) is 5.37. The van der Waals surface area contributed by atoms with E-state index in [-0.39, 0.29) is 10.8 Å². The Labute approximate surface area is 195 Å². The molecule has 3 aromatic carbocycles. The van der Waals surface area contributed by atoms with Crippen molar-refractivity contribution in [2.75, 3.05) is 18.4 Å². The number of rotatable bonds is 8. The van der Waals surface area contributed by atoms with Gasteiger partial charge >= 0.3 is 0 Å². The molecule has 1 amide bonds. The van der Waals surface area contributed by atoms with Crippen LogP contribution in [-0.2, 0) is 14.8 Å². The van der Waals surface area contributed by atoms with Crippen LogP contribution in [0.3, 0.4) is 0 Å². The quantitative estimate of drug-likeness (QED) is 0.486. The van der Waals surface area contributed by atoms with Crippen LogP contribution in [0.4, 0.5) is 5.69 Å². The van der Waals surface area contributed by atoms with Crippen molar-refractivity contribution in [1.82, 2.24) is 4.31 Å². The number of hydrogen-bond donors (Lipinski definition) is 1. The highest BCUT2D eigenvalue weighted by Gasteiger charge is 2.32. The first-order valence-corrected chi connectivity index (χ1v) is 12.7. The molecular formula is C26H28N2O4S. The number of anilines is 1. The van der Waals surface area contributed by atoms with E-state index in [2.05, 4.69) is 5.32 Å². The largest absolute Gasteiger partial charge is 0.457 e. The van der Waals surface area contributed by atoms with E-state index >= 15 is 0 Å². The van der Waals surface area contributed by atoms with E-state index in [9.17, 15) is 13.2 Å². The van der Waals surface area contributed by atoms with Crippen LogP contribution in [0.25, 0.3) is 0 Å². The average molecular weight is 465 g/mol. The number of carbonyl (C=O) groups excluding carboxylic acids is 1. The van der Waals surface area contributed by atoms with E-state index in [0.717, 1.165) is 24.0 Å². The maximum absolute atomic E-state index is 13.4. The minimum Gasteiger partial charge on any atom is -0.457 e. The molecule has 7 heteroatoms. The lowest BCUT2D eigenvalue weighted by molar-refractivity contribution is -0.116. The molecule has 33 heavy (non-hydrogen) atoms. The van der Waals surface area contributed by atoms with Gasteiger partial charge < -0.3 is 10.1 Å². The highest BCUT2D eigenvalue weighted by atomic mass is 32.2. The van der Waals surface area contributed by atoms with Crippen molar-refractivity contribution >= 4 is 21.6 Å². The molecule has 0 saturated heterocycles. The number of amides is 1. The van der Waals surface area contributed by atoms with Gasteiger partial charge in [-0.2, -0.15) is 4.31 Å². The standard InChI is InChI=1S/C26H28N2O4S/c1-3-17-28(18-4-2)33(30,31)20-15-13-19(14-16-20)27-26(29)25-21-9-5-7-11-23(21)32-24-12-8-6-10-22(24)25/h5-16,25H,3-4,17-18H2,1-2H3,(H,27,29). The van der Waals surface area contributed by atoms with Gasteiger partial charge in [-0.15, -0.1) is 0 Å². The van der Waals surface area contributed by atoms with Crippen LogP contribution in [-0.4, -0.2) is 31.7 Å². The molecule has 1 aliphatic heterocycles. The number of carbonyl (C=O) groups is 1. The molecule has 0 aromatic heterocycles. The molecule has 0 atom stereocenters. The van der Waals surface area contributed by atoms with Crippen LogP contribution in [0.15, 0.2) is 77.7 Å². The lowest BCUT2D eigenvalue weighted by Gasteiger charge is -2.27. The summed E-state index contributed by atoms with van der Waals surface area (Å²) in [5.41, 5.74) is 2.13. The maximum atomic E-state index is 13.4. The van der Waals surface area contributed by atoms with Gasteiger partial charge in [-0.25, -0.2) is 8.42 Å². The second kappa shape index (κ2) is 9.77. The van der Waals surface area contributed by atoms with Gasteiger partial charge in [0, 0.05) is 29.9 Å². The molecule has 0 saturated carbocycles. The van der Waals surface area contributed by atoms with Gasteiger partial charge in [0.2, 0.25) is 15.9 Å². The monoisotopic (exact) mass is 464 g/mol. The Hall–Kier alpha value is -3.16. The molecule has 0 aliphatic carbocycles. The number of nitrogens with one attached hydrogen (secondary N) is 1. The van der Waals surface area contributed by atoms with Crippen molar-refractivity contribution in [3.63, 3.8) is 0 Å². The number of nitrogens with zero attached hydrogens (tertiary/aromatic N) is 1. The Morgan fingerprint density at radius 2 is 1.36 bits per heavy atom. The number of para-hydroxylation sites is 2. The normalized spacial score (nSPS) is 13.2. The molecule has 0 spiro atoms. The first-order valence-electron chi connectivity index (χ1n) is 11.2. The topological polar surface area (TPSA) is 75.7 Å². The van der Waals surface area contributed by atoms with Crippen molar-refractivity contribution in [2.45, 2.75) is 37.5 Å². The molecule has 4 rings (SSSR count). The highest BCUT2D eigenvalue weighted by Crippen LogP contribution is 2.44. The van der Waals surface area contributed by atoms with Gasteiger partial charge in [-0.3, -0.25) is 4.79 Å². The number of ether oxygens (including phenoxy) is 1. The molecule has 0 radical (unpaired) electrons. The summed E-state index contributed by atoms with van der Waals surface area (Å²) in [5, 5.41) is 2.95. The number of hydrogen-bond acceptors (Lipinski definition) is 4. The van der Waals surface area contributed by atoms with Gasteiger partial charge in [0.05, 0.1) is 10.8 Å². The molecule has 1 heterocycles. The first-order chi connectivity index (χ1) is 16.0. The second-order valence-electron chi connectivity index (χ2n) is 8.03. The zero-order valence-electron chi connectivity index (χ0n) is 18.8. The summed E-state index contributed by atoms with van der Waals surface area (Å²) in [5.74, 6) is 0.584. The molecule has 6 nitrogen and oxygen atoms in total. The van der Waals surface area contributed by atoms with Crippen molar-refractivity contribution in [2.24, 2.45) is 0 Å². The summed E-state index contributed by atoms with van der Waals surface area (Å²) in [7, 11) is -3.57. The van der Waals surface area contributed by atoms with E-state index < -0.39 is 15.9 Å². The zero-order chi connectivity index (χ0) is 23.4. The summed E-state index contributed by atoms with van der Waals surface area (Å²) >= 11 is 0. The van der Waals surface area contributed by atoms with Gasteiger partial charge in [0.25, 0.3) is 0 Å². The molecule has 0 bridgehead atoms. The minimum atomic E-state index is -3.57. The Kier molecular flexibility index (Phi) is 6.81. The van der Waals surface area contributed by atoms with E-state index in [4.69, 9.17) is 4.74 Å². The summed E-state index contributed by atoms with van der Waals surface area (Å²) in [6.07, 6.45) is 1.50. The van der Waals surface area contributed by atoms with Crippen molar-refractivity contribution < 1.29 is 17.9 Å². The molecule has 0 unspecified atom stereocenters. The fraction of sp³-hybridized carbons (Fsp3) is 0.269. The number of sulfonamides is 1. The third-order valence-corrected chi connectivity index (χ3v) is 7.56. The molecule has 172 valence electrons. The fourth-order valence-corrected chi connectivity index (χ4v) is 5.74. The Morgan fingerprint density at radius 1 is 0.848 bits per heavy atom. The van der Waals surface area contributed by atoms with E-state index in [1.807, 2.05) is 62.4 Å². The van der Waals surface area contributed by atoms with Crippen LogP contribution in [0.5, 0.6) is 11.5 Å². The van der Waals surface area contributed by atoms with E-state index in [1.165, 1.54) is 4.31 Å². The SMILES string of the molecule is CCCN(CCC)S(=O)(=O)c1ccc(NC(=O)C2c3ccccc3Oc3ccccc32)cc1. The van der Waals surface area contributed by atoms with Gasteiger partial charge in [-0.05, 0) is 49.2 Å². The third-order valence-electron chi connectivity index (χ3n) is 5.65. The van der Waals surface area contributed by atoms with Gasteiger partial charge in [-0.1, -0.05) is 50.2 Å². The lowest BCUT2D eigenvalue weighted by Crippen LogP contribution is -2.32. The predicted molar refractivity (Wildman–Crippen MR) is 129 cm³/mol. The third kappa shape index (κ3) is 4.65. The molecule has 1 aliphatic rings. The van der Waals surface area contributed by atoms with Crippen LogP contribution in [0.2, 0.25) is 0 Å². The van der Waals surface area contributed by atoms with Crippen molar-refractivity contribution in [3.05, 3.63) is 83.9 Å².